The summed E-state index contributed by atoms with van der Waals surface area (Å²) < 4.78 is 22.1. The molecule has 140 valence electrons. The van der Waals surface area contributed by atoms with Gasteiger partial charge in [0, 0.05) is 6.54 Å². The Labute approximate surface area is 155 Å². The number of amides is 1. The summed E-state index contributed by atoms with van der Waals surface area (Å²) >= 11 is 0. The van der Waals surface area contributed by atoms with E-state index in [0.29, 0.717) is 18.5 Å². The predicted octanol–water partition coefficient (Wildman–Crippen LogP) is 2.68. The summed E-state index contributed by atoms with van der Waals surface area (Å²) in [6.45, 7) is 2.58. The van der Waals surface area contributed by atoms with E-state index in [1.165, 1.54) is 18.4 Å². The number of carbonyl (C=O) groups is 1. The Morgan fingerprint density at radius 2 is 1.46 bits per heavy atom. The molecular formula is C20H26N2O3S. The summed E-state index contributed by atoms with van der Waals surface area (Å²) in [6, 6.07) is 15.2. The van der Waals surface area contributed by atoms with E-state index in [9.17, 15) is 13.2 Å². The quantitative estimate of drug-likeness (QED) is 0.707. The highest BCUT2D eigenvalue weighted by atomic mass is 32.2. The number of nitrogens with two attached hydrogens (primary N) is 1. The molecule has 5 nitrogen and oxygen atoms in total. The third kappa shape index (κ3) is 7.37. The molecule has 26 heavy (non-hydrogen) atoms. The van der Waals surface area contributed by atoms with Gasteiger partial charge in [0.2, 0.25) is 15.9 Å². The van der Waals surface area contributed by atoms with Crippen LogP contribution in [0.4, 0.5) is 0 Å². The summed E-state index contributed by atoms with van der Waals surface area (Å²) in [7, 11) is -3.53. The monoisotopic (exact) mass is 374 g/mol. The molecule has 1 amide bonds. The Balaban J connectivity index is 1.81. The van der Waals surface area contributed by atoms with Crippen molar-refractivity contribution >= 4 is 15.9 Å². The van der Waals surface area contributed by atoms with Gasteiger partial charge in [0.25, 0.3) is 0 Å². The SMILES string of the molecule is CCCCc1ccc(CC(=O)NCc2ccc(CS(N)(=O)=O)cc2)cc1. The van der Waals surface area contributed by atoms with Crippen LogP contribution in [-0.2, 0) is 40.0 Å². The zero-order valence-corrected chi connectivity index (χ0v) is 15.9. The number of unbranched alkanes of at least 4 members (excludes halogenated alkanes) is 1. The fraction of sp³-hybridized carbons (Fsp3) is 0.350. The summed E-state index contributed by atoms with van der Waals surface area (Å²) in [6.07, 6.45) is 3.77. The van der Waals surface area contributed by atoms with E-state index in [0.717, 1.165) is 17.5 Å². The Kier molecular flexibility index (Phi) is 7.36. The van der Waals surface area contributed by atoms with Gasteiger partial charge in [-0.05, 0) is 35.1 Å². The van der Waals surface area contributed by atoms with Crippen molar-refractivity contribution in [3.8, 4) is 0 Å². The Morgan fingerprint density at radius 1 is 0.923 bits per heavy atom. The molecule has 0 saturated heterocycles. The lowest BCUT2D eigenvalue weighted by Gasteiger charge is -2.07. The van der Waals surface area contributed by atoms with Gasteiger partial charge < -0.3 is 5.32 Å². The van der Waals surface area contributed by atoms with Gasteiger partial charge in [0.1, 0.15) is 0 Å². The molecule has 0 aromatic heterocycles. The minimum atomic E-state index is -3.53. The van der Waals surface area contributed by atoms with E-state index < -0.39 is 10.0 Å². The fourth-order valence-electron chi connectivity index (χ4n) is 2.64. The van der Waals surface area contributed by atoms with Gasteiger partial charge >= 0.3 is 0 Å². The second kappa shape index (κ2) is 9.50. The summed E-state index contributed by atoms with van der Waals surface area (Å²) in [4.78, 5) is 12.1. The molecule has 2 aromatic rings. The minimum Gasteiger partial charge on any atom is -0.352 e. The molecule has 3 N–H and O–H groups in total. The van der Waals surface area contributed by atoms with Crippen molar-refractivity contribution in [3.05, 3.63) is 70.8 Å². The van der Waals surface area contributed by atoms with E-state index in [4.69, 9.17) is 5.14 Å². The average molecular weight is 375 g/mol. The van der Waals surface area contributed by atoms with Crippen LogP contribution in [0.15, 0.2) is 48.5 Å². The molecule has 6 heteroatoms. The van der Waals surface area contributed by atoms with Crippen molar-refractivity contribution in [3.63, 3.8) is 0 Å². The smallest absolute Gasteiger partial charge is 0.224 e. The van der Waals surface area contributed by atoms with Crippen LogP contribution < -0.4 is 10.5 Å². The first-order chi connectivity index (χ1) is 12.4. The third-order valence-electron chi connectivity index (χ3n) is 4.09. The zero-order chi connectivity index (χ0) is 19.0. The first-order valence-electron chi connectivity index (χ1n) is 8.78. The number of benzene rings is 2. The largest absolute Gasteiger partial charge is 0.352 e. The Bertz CT molecular complexity index is 813. The fourth-order valence-corrected chi connectivity index (χ4v) is 3.30. The van der Waals surface area contributed by atoms with Crippen LogP contribution in [0.1, 0.15) is 42.0 Å². The molecule has 0 fully saturated rings. The second-order valence-electron chi connectivity index (χ2n) is 6.50. The Hall–Kier alpha value is -2.18. The van der Waals surface area contributed by atoms with Crippen molar-refractivity contribution in [2.24, 2.45) is 5.14 Å². The van der Waals surface area contributed by atoms with E-state index in [1.807, 2.05) is 12.1 Å². The molecule has 2 rings (SSSR count). The Morgan fingerprint density at radius 3 is 2.04 bits per heavy atom. The molecule has 0 radical (unpaired) electrons. The highest BCUT2D eigenvalue weighted by Crippen LogP contribution is 2.09. The average Bonchev–Trinajstić information content (AvgIpc) is 2.59. The molecule has 0 aliphatic heterocycles. The molecule has 0 bridgehead atoms. The van der Waals surface area contributed by atoms with Gasteiger partial charge in [0.05, 0.1) is 12.2 Å². The highest BCUT2D eigenvalue weighted by molar-refractivity contribution is 7.88. The molecule has 0 unspecified atom stereocenters. The number of rotatable bonds is 9. The van der Waals surface area contributed by atoms with Crippen LogP contribution in [0.25, 0.3) is 0 Å². The normalized spacial score (nSPS) is 11.3. The standard InChI is InChI=1S/C20H26N2O3S/c1-2-3-4-16-5-7-17(8-6-16)13-20(23)22-14-18-9-11-19(12-10-18)15-26(21,24)25/h5-12H,2-4,13-15H2,1H3,(H,22,23)(H2,21,24,25). The van der Waals surface area contributed by atoms with Crippen LogP contribution >= 0.6 is 0 Å². The van der Waals surface area contributed by atoms with Crippen molar-refractivity contribution in [1.82, 2.24) is 5.32 Å². The number of hydrogen-bond acceptors (Lipinski definition) is 3. The lowest BCUT2D eigenvalue weighted by molar-refractivity contribution is -0.120. The molecule has 0 saturated carbocycles. The number of aryl methyl sites for hydroxylation is 1. The van der Waals surface area contributed by atoms with E-state index in [1.54, 1.807) is 24.3 Å². The van der Waals surface area contributed by atoms with E-state index in [-0.39, 0.29) is 11.7 Å². The summed E-state index contributed by atoms with van der Waals surface area (Å²) in [5, 5.41) is 7.91. The van der Waals surface area contributed by atoms with E-state index >= 15 is 0 Å². The summed E-state index contributed by atoms with van der Waals surface area (Å²) in [5.41, 5.74) is 3.83. The van der Waals surface area contributed by atoms with Crippen LogP contribution in [0.5, 0.6) is 0 Å². The first kappa shape index (κ1) is 20.1. The van der Waals surface area contributed by atoms with Crippen LogP contribution in [0, 0.1) is 0 Å². The molecule has 0 atom stereocenters. The van der Waals surface area contributed by atoms with Gasteiger partial charge in [-0.1, -0.05) is 61.9 Å². The molecular weight excluding hydrogens is 348 g/mol. The number of sulfonamides is 1. The van der Waals surface area contributed by atoms with E-state index in [2.05, 4.69) is 24.4 Å². The minimum absolute atomic E-state index is 0.0417. The number of primary sulfonamides is 1. The summed E-state index contributed by atoms with van der Waals surface area (Å²) in [5.74, 6) is -0.228. The number of hydrogen-bond donors (Lipinski definition) is 2. The van der Waals surface area contributed by atoms with Gasteiger partial charge in [0.15, 0.2) is 0 Å². The maximum absolute atomic E-state index is 12.1. The maximum Gasteiger partial charge on any atom is 0.224 e. The van der Waals surface area contributed by atoms with Gasteiger partial charge in [-0.15, -0.1) is 0 Å². The van der Waals surface area contributed by atoms with Crippen molar-refractivity contribution in [2.45, 2.75) is 44.9 Å². The zero-order valence-electron chi connectivity index (χ0n) is 15.1. The van der Waals surface area contributed by atoms with Crippen molar-refractivity contribution < 1.29 is 13.2 Å². The topological polar surface area (TPSA) is 89.3 Å². The van der Waals surface area contributed by atoms with Gasteiger partial charge in [-0.2, -0.15) is 0 Å². The lowest BCUT2D eigenvalue weighted by atomic mass is 10.0. The predicted molar refractivity (Wildman–Crippen MR) is 104 cm³/mol. The van der Waals surface area contributed by atoms with Crippen LogP contribution in [0.3, 0.4) is 0 Å². The van der Waals surface area contributed by atoms with Gasteiger partial charge in [-0.25, -0.2) is 13.6 Å². The third-order valence-corrected chi connectivity index (χ3v) is 4.82. The number of nitrogens with one attached hydrogen (secondary N) is 1. The van der Waals surface area contributed by atoms with Crippen molar-refractivity contribution in [2.75, 3.05) is 0 Å². The second-order valence-corrected chi connectivity index (χ2v) is 8.11. The van der Waals surface area contributed by atoms with Crippen molar-refractivity contribution in [1.29, 1.82) is 0 Å². The van der Waals surface area contributed by atoms with Gasteiger partial charge in [-0.3, -0.25) is 4.79 Å². The molecule has 0 spiro atoms. The van der Waals surface area contributed by atoms with Crippen LogP contribution in [0.2, 0.25) is 0 Å². The highest BCUT2D eigenvalue weighted by Gasteiger charge is 2.06. The molecule has 0 aliphatic rings. The molecule has 0 aliphatic carbocycles. The first-order valence-corrected chi connectivity index (χ1v) is 10.5. The molecule has 0 heterocycles. The maximum atomic E-state index is 12.1. The number of carbonyl (C=O) groups excluding carboxylic acids is 1. The lowest BCUT2D eigenvalue weighted by Crippen LogP contribution is -2.24. The molecule has 2 aromatic carbocycles. The van der Waals surface area contributed by atoms with Crippen LogP contribution in [-0.4, -0.2) is 14.3 Å².